The molecule has 0 fully saturated rings. The van der Waals surface area contributed by atoms with Gasteiger partial charge in [-0.3, -0.25) is 0 Å². The quantitative estimate of drug-likeness (QED) is 0.694. The summed E-state index contributed by atoms with van der Waals surface area (Å²) in [6.07, 6.45) is 0. The molecule has 2 heterocycles. The van der Waals surface area contributed by atoms with Gasteiger partial charge in [-0.25, -0.2) is 13.6 Å². The maximum Gasteiger partial charge on any atom is 0.320 e. The largest absolute Gasteiger partial charge is 0.467 e. The van der Waals surface area contributed by atoms with E-state index in [1.807, 2.05) is 0 Å². The van der Waals surface area contributed by atoms with Gasteiger partial charge in [-0.15, -0.1) is 5.10 Å². The predicted molar refractivity (Wildman–Crippen MR) is 93.9 cm³/mol. The van der Waals surface area contributed by atoms with Crippen LogP contribution in [0.25, 0.3) is 16.9 Å². The van der Waals surface area contributed by atoms with E-state index >= 15 is 0 Å². The van der Waals surface area contributed by atoms with E-state index in [9.17, 15) is 8.42 Å². The highest BCUT2D eigenvalue weighted by molar-refractivity contribution is 7.89. The van der Waals surface area contributed by atoms with E-state index in [1.54, 1.807) is 19.1 Å². The van der Waals surface area contributed by atoms with Gasteiger partial charge in [0.05, 0.1) is 17.2 Å². The lowest BCUT2D eigenvalue weighted by Gasteiger charge is -2.12. The number of methoxy groups -OCH3 is 1. The molecule has 0 aliphatic rings. The van der Waals surface area contributed by atoms with Crippen LogP contribution >= 0.6 is 34.8 Å². The number of nitrogens with two attached hydrogens (primary N) is 1. The summed E-state index contributed by atoms with van der Waals surface area (Å²) in [4.78, 5) is 8.11. The maximum absolute atomic E-state index is 11.5. The average molecular weight is 423 g/mol. The summed E-state index contributed by atoms with van der Waals surface area (Å²) in [5.74, 6) is 0. The van der Waals surface area contributed by atoms with Crippen molar-refractivity contribution in [2.75, 3.05) is 7.11 Å². The van der Waals surface area contributed by atoms with Gasteiger partial charge in [-0.2, -0.15) is 14.5 Å². The molecule has 3 rings (SSSR count). The Morgan fingerprint density at radius 1 is 1.16 bits per heavy atom. The van der Waals surface area contributed by atoms with E-state index in [0.717, 1.165) is 10.1 Å². The number of fused-ring (bicyclic) bond motifs is 1. The van der Waals surface area contributed by atoms with Crippen LogP contribution in [0, 0.1) is 6.92 Å². The minimum atomic E-state index is -4.14. The van der Waals surface area contributed by atoms with Crippen LogP contribution < -0.4 is 9.88 Å². The fourth-order valence-electron chi connectivity index (χ4n) is 2.16. The lowest BCUT2D eigenvalue weighted by atomic mass is 10.1. The summed E-state index contributed by atoms with van der Waals surface area (Å²) in [6.45, 7) is 1.79. The Morgan fingerprint density at radius 2 is 1.84 bits per heavy atom. The van der Waals surface area contributed by atoms with E-state index in [1.165, 1.54) is 7.11 Å². The zero-order chi connectivity index (χ0) is 18.5. The molecule has 2 N–H and O–H groups in total. The summed E-state index contributed by atoms with van der Waals surface area (Å²) in [5.41, 5.74) is 1.29. The fourth-order valence-corrected chi connectivity index (χ4v) is 3.38. The number of aryl methyl sites for hydroxylation is 1. The average Bonchev–Trinajstić information content (AvgIpc) is 2.99. The van der Waals surface area contributed by atoms with Gasteiger partial charge in [-0.05, 0) is 18.6 Å². The summed E-state index contributed by atoms with van der Waals surface area (Å²) >= 11 is 19.0. The number of halogens is 3. The SMILES string of the molecule is COc1nc(-c2c(Cl)ccc(C)c2Cl)c(Cl)c2nc(S(N)(=O)=O)nn12. The molecule has 0 bridgehead atoms. The Balaban J connectivity index is 2.43. The number of aromatic nitrogens is 4. The lowest BCUT2D eigenvalue weighted by Crippen LogP contribution is -2.14. The first-order valence-corrected chi connectivity index (χ1v) is 9.31. The molecule has 132 valence electrons. The second-order valence-electron chi connectivity index (χ2n) is 4.99. The Bertz CT molecular complexity index is 1110. The number of hydrogen-bond donors (Lipinski definition) is 1. The number of nitrogens with zero attached hydrogens (tertiary/aromatic N) is 4. The summed E-state index contributed by atoms with van der Waals surface area (Å²) in [6, 6.07) is 3.32. The van der Waals surface area contributed by atoms with Crippen LogP contribution in [0.5, 0.6) is 6.01 Å². The molecule has 0 saturated carbocycles. The standard InChI is InChI=1S/C13H10Cl3N5O3S/c1-5-3-4-6(14)7(8(5)15)10-9(16)11-19-12(25(17,22)23)20-21(11)13(18-10)24-2/h3-4H,1-2H3,(H2,17,22,23). The van der Waals surface area contributed by atoms with Gasteiger partial charge in [0.2, 0.25) is 0 Å². The number of hydrogen-bond acceptors (Lipinski definition) is 6. The highest BCUT2D eigenvalue weighted by atomic mass is 35.5. The molecule has 0 aliphatic heterocycles. The van der Waals surface area contributed by atoms with Crippen LogP contribution in [0.4, 0.5) is 0 Å². The van der Waals surface area contributed by atoms with Gasteiger partial charge >= 0.3 is 6.01 Å². The van der Waals surface area contributed by atoms with E-state index in [4.69, 9.17) is 44.7 Å². The highest BCUT2D eigenvalue weighted by Crippen LogP contribution is 2.41. The van der Waals surface area contributed by atoms with Crippen LogP contribution in [0.15, 0.2) is 17.3 Å². The molecule has 12 heteroatoms. The number of ether oxygens (including phenoxy) is 1. The first kappa shape index (κ1) is 18.2. The molecular formula is C13H10Cl3N5O3S. The second kappa shape index (κ2) is 6.26. The first-order chi connectivity index (χ1) is 11.6. The third kappa shape index (κ3) is 3.02. The van der Waals surface area contributed by atoms with Gasteiger partial charge in [0, 0.05) is 5.56 Å². The van der Waals surface area contributed by atoms with E-state index in [2.05, 4.69) is 15.1 Å². The van der Waals surface area contributed by atoms with Gasteiger partial charge in [0.1, 0.15) is 10.7 Å². The van der Waals surface area contributed by atoms with Crippen LogP contribution in [-0.4, -0.2) is 35.1 Å². The summed E-state index contributed by atoms with van der Waals surface area (Å²) in [5, 5.41) is 8.87. The second-order valence-corrected chi connectivity index (χ2v) is 7.61. The van der Waals surface area contributed by atoms with Crippen molar-refractivity contribution >= 4 is 50.5 Å². The van der Waals surface area contributed by atoms with Crippen LogP contribution in [0.2, 0.25) is 15.1 Å². The molecule has 0 radical (unpaired) electrons. The third-order valence-electron chi connectivity index (χ3n) is 3.34. The minimum Gasteiger partial charge on any atom is -0.467 e. The topological polar surface area (TPSA) is 112 Å². The molecule has 2 aromatic heterocycles. The zero-order valence-electron chi connectivity index (χ0n) is 12.8. The van der Waals surface area contributed by atoms with Gasteiger partial charge in [-0.1, -0.05) is 40.9 Å². The normalized spacial score (nSPS) is 11.9. The van der Waals surface area contributed by atoms with Crippen LogP contribution in [0.3, 0.4) is 0 Å². The van der Waals surface area contributed by atoms with Gasteiger partial charge in [0.25, 0.3) is 15.2 Å². The smallest absolute Gasteiger partial charge is 0.320 e. The molecule has 0 spiro atoms. The Hall–Kier alpha value is -1.65. The zero-order valence-corrected chi connectivity index (χ0v) is 15.9. The van der Waals surface area contributed by atoms with Crippen LogP contribution in [-0.2, 0) is 10.0 Å². The number of benzene rings is 1. The lowest BCUT2D eigenvalue weighted by molar-refractivity contribution is 0.366. The third-order valence-corrected chi connectivity index (χ3v) is 5.17. The molecule has 8 nitrogen and oxygen atoms in total. The van der Waals surface area contributed by atoms with Crippen LogP contribution in [0.1, 0.15) is 5.56 Å². The van der Waals surface area contributed by atoms with Crippen molar-refractivity contribution in [1.29, 1.82) is 0 Å². The van der Waals surface area contributed by atoms with Gasteiger partial charge < -0.3 is 4.74 Å². The van der Waals surface area contributed by atoms with Crippen molar-refractivity contribution in [3.05, 3.63) is 32.8 Å². The van der Waals surface area contributed by atoms with Crippen molar-refractivity contribution < 1.29 is 13.2 Å². The molecular weight excluding hydrogens is 413 g/mol. The Labute approximate surface area is 157 Å². The highest BCUT2D eigenvalue weighted by Gasteiger charge is 2.25. The maximum atomic E-state index is 11.5. The molecule has 25 heavy (non-hydrogen) atoms. The number of sulfonamides is 1. The minimum absolute atomic E-state index is 0.00222. The van der Waals surface area contributed by atoms with Crippen molar-refractivity contribution in [3.8, 4) is 17.3 Å². The molecule has 1 aromatic carbocycles. The first-order valence-electron chi connectivity index (χ1n) is 6.63. The van der Waals surface area contributed by atoms with Gasteiger partial charge in [0.15, 0.2) is 5.65 Å². The number of primary sulfonamides is 1. The Morgan fingerprint density at radius 3 is 2.44 bits per heavy atom. The molecule has 0 saturated heterocycles. The summed E-state index contributed by atoms with van der Waals surface area (Å²) < 4.78 is 29.2. The van der Waals surface area contributed by atoms with Crippen molar-refractivity contribution in [2.24, 2.45) is 5.14 Å². The van der Waals surface area contributed by atoms with E-state index in [-0.39, 0.29) is 22.4 Å². The van der Waals surface area contributed by atoms with Crippen molar-refractivity contribution in [3.63, 3.8) is 0 Å². The molecule has 0 atom stereocenters. The Kier molecular flexibility index (Phi) is 4.54. The summed E-state index contributed by atoms with van der Waals surface area (Å²) in [7, 11) is -2.81. The fraction of sp³-hybridized carbons (Fsp3) is 0.154. The predicted octanol–water partition coefficient (Wildman–Crippen LogP) is 2.72. The van der Waals surface area contributed by atoms with Crippen molar-refractivity contribution in [1.82, 2.24) is 19.6 Å². The molecule has 0 aliphatic carbocycles. The van der Waals surface area contributed by atoms with E-state index < -0.39 is 15.2 Å². The molecule has 0 unspecified atom stereocenters. The molecule has 3 aromatic rings. The monoisotopic (exact) mass is 421 g/mol. The van der Waals surface area contributed by atoms with Crippen molar-refractivity contribution in [2.45, 2.75) is 12.1 Å². The van der Waals surface area contributed by atoms with E-state index in [0.29, 0.717) is 15.6 Å². The molecule has 0 amide bonds. The number of rotatable bonds is 3.